The Labute approximate surface area is 205 Å². The van der Waals surface area contributed by atoms with Crippen LogP contribution in [0.5, 0.6) is 5.75 Å². The Kier molecular flexibility index (Phi) is 8.63. The first-order valence-electron chi connectivity index (χ1n) is 11.7. The standard InChI is InChI=1S/C27H33FN4O3/c1-18(2)14-26(34)31(15-19(3)4)17-25(33)30-27-29-24(20-6-8-21(28)9-7-20)16-32(27)22-10-12-23(35-5)13-11-22/h6-13,16,18-19H,14-15,17H2,1-5H3,(H,29,30,33). The van der Waals surface area contributed by atoms with Crippen LogP contribution in [0.15, 0.2) is 54.7 Å². The zero-order valence-electron chi connectivity index (χ0n) is 20.9. The van der Waals surface area contributed by atoms with E-state index in [9.17, 15) is 14.0 Å². The third-order valence-corrected chi connectivity index (χ3v) is 5.30. The van der Waals surface area contributed by atoms with Crippen LogP contribution >= 0.6 is 0 Å². The van der Waals surface area contributed by atoms with Gasteiger partial charge in [0.1, 0.15) is 11.6 Å². The molecule has 3 aromatic rings. The Morgan fingerprint density at radius 2 is 1.69 bits per heavy atom. The summed E-state index contributed by atoms with van der Waals surface area (Å²) >= 11 is 0. The highest BCUT2D eigenvalue weighted by Gasteiger charge is 2.21. The number of carbonyl (C=O) groups excluding carboxylic acids is 2. The minimum atomic E-state index is -0.340. The van der Waals surface area contributed by atoms with Gasteiger partial charge in [-0.05, 0) is 60.4 Å². The van der Waals surface area contributed by atoms with Crippen LogP contribution in [-0.4, -0.2) is 46.5 Å². The summed E-state index contributed by atoms with van der Waals surface area (Å²) in [7, 11) is 1.59. The maximum atomic E-state index is 13.4. The second kappa shape index (κ2) is 11.6. The molecule has 1 aromatic heterocycles. The fraction of sp³-hybridized carbons (Fsp3) is 0.370. The molecule has 2 amide bonds. The Morgan fingerprint density at radius 1 is 1.03 bits per heavy atom. The smallest absolute Gasteiger partial charge is 0.246 e. The molecule has 35 heavy (non-hydrogen) atoms. The summed E-state index contributed by atoms with van der Waals surface area (Å²) in [6.45, 7) is 8.41. The molecular formula is C27H33FN4O3. The quantitative estimate of drug-likeness (QED) is 0.435. The molecule has 0 radical (unpaired) electrons. The van der Waals surface area contributed by atoms with Crippen molar-refractivity contribution in [2.24, 2.45) is 11.8 Å². The first-order chi connectivity index (χ1) is 16.7. The van der Waals surface area contributed by atoms with Crippen LogP contribution in [0.1, 0.15) is 34.1 Å². The lowest BCUT2D eigenvalue weighted by Gasteiger charge is -2.25. The predicted molar refractivity (Wildman–Crippen MR) is 135 cm³/mol. The van der Waals surface area contributed by atoms with Crippen LogP contribution in [0, 0.1) is 17.7 Å². The molecule has 186 valence electrons. The van der Waals surface area contributed by atoms with Gasteiger partial charge in [-0.3, -0.25) is 19.5 Å². The van der Waals surface area contributed by atoms with Crippen molar-refractivity contribution in [1.29, 1.82) is 0 Å². The second-order valence-corrected chi connectivity index (χ2v) is 9.34. The van der Waals surface area contributed by atoms with Crippen molar-refractivity contribution in [3.05, 3.63) is 60.5 Å². The molecule has 0 bridgehead atoms. The molecule has 1 N–H and O–H groups in total. The largest absolute Gasteiger partial charge is 0.497 e. The summed E-state index contributed by atoms with van der Waals surface area (Å²) in [5, 5.41) is 2.86. The topological polar surface area (TPSA) is 76.5 Å². The molecule has 0 aliphatic heterocycles. The van der Waals surface area contributed by atoms with Crippen molar-refractivity contribution < 1.29 is 18.7 Å². The third kappa shape index (κ3) is 7.15. The normalized spacial score (nSPS) is 11.1. The molecule has 1 heterocycles. The summed E-state index contributed by atoms with van der Waals surface area (Å²) in [5.41, 5.74) is 2.05. The molecule has 0 fully saturated rings. The maximum Gasteiger partial charge on any atom is 0.246 e. The van der Waals surface area contributed by atoms with Gasteiger partial charge in [0.15, 0.2) is 0 Å². The molecule has 0 saturated heterocycles. The van der Waals surface area contributed by atoms with Crippen molar-refractivity contribution in [3.63, 3.8) is 0 Å². The van der Waals surface area contributed by atoms with Gasteiger partial charge >= 0.3 is 0 Å². The van der Waals surface area contributed by atoms with Crippen LogP contribution in [0.3, 0.4) is 0 Å². The summed E-state index contributed by atoms with van der Waals surface area (Å²) in [6, 6.07) is 13.3. The third-order valence-electron chi connectivity index (χ3n) is 5.30. The lowest BCUT2D eigenvalue weighted by atomic mass is 10.1. The van der Waals surface area contributed by atoms with Crippen LogP contribution < -0.4 is 10.1 Å². The molecule has 0 aliphatic carbocycles. The van der Waals surface area contributed by atoms with Gasteiger partial charge in [0.05, 0.1) is 19.3 Å². The van der Waals surface area contributed by atoms with E-state index >= 15 is 0 Å². The number of nitrogens with zero attached hydrogens (tertiary/aromatic N) is 3. The van der Waals surface area contributed by atoms with Crippen LogP contribution in [0.2, 0.25) is 0 Å². The highest BCUT2D eigenvalue weighted by molar-refractivity contribution is 5.94. The summed E-state index contributed by atoms with van der Waals surface area (Å²) in [5.74, 6) is 0.709. The average molecular weight is 481 g/mol. The molecule has 0 saturated carbocycles. The number of hydrogen-bond acceptors (Lipinski definition) is 4. The Bertz CT molecular complexity index is 1140. The molecule has 3 rings (SSSR count). The predicted octanol–water partition coefficient (Wildman–Crippen LogP) is 5.16. The summed E-state index contributed by atoms with van der Waals surface area (Å²) in [6.07, 6.45) is 2.16. The fourth-order valence-corrected chi connectivity index (χ4v) is 3.68. The molecule has 0 spiro atoms. The van der Waals surface area contributed by atoms with E-state index < -0.39 is 0 Å². The number of aromatic nitrogens is 2. The molecule has 0 aliphatic rings. The Balaban J connectivity index is 1.89. The average Bonchev–Trinajstić information content (AvgIpc) is 3.21. The number of carbonyl (C=O) groups is 2. The van der Waals surface area contributed by atoms with E-state index in [1.54, 1.807) is 34.9 Å². The van der Waals surface area contributed by atoms with Crippen LogP contribution in [-0.2, 0) is 9.59 Å². The van der Waals surface area contributed by atoms with Crippen molar-refractivity contribution in [3.8, 4) is 22.7 Å². The monoisotopic (exact) mass is 480 g/mol. The van der Waals surface area contributed by atoms with E-state index in [1.807, 2.05) is 52.0 Å². The zero-order valence-corrected chi connectivity index (χ0v) is 20.9. The lowest BCUT2D eigenvalue weighted by molar-refractivity contribution is -0.135. The number of amides is 2. The van der Waals surface area contributed by atoms with Crippen molar-refractivity contribution in [2.45, 2.75) is 34.1 Å². The molecule has 0 atom stereocenters. The highest BCUT2D eigenvalue weighted by atomic mass is 19.1. The van der Waals surface area contributed by atoms with Crippen LogP contribution in [0.25, 0.3) is 16.9 Å². The molecule has 8 heteroatoms. The number of rotatable bonds is 10. The van der Waals surface area contributed by atoms with Crippen molar-refractivity contribution in [2.75, 3.05) is 25.5 Å². The number of ether oxygens (including phenoxy) is 1. The van der Waals surface area contributed by atoms with Crippen LogP contribution in [0.4, 0.5) is 10.3 Å². The fourth-order valence-electron chi connectivity index (χ4n) is 3.68. The number of methoxy groups -OCH3 is 1. The van der Waals surface area contributed by atoms with Gasteiger partial charge in [-0.25, -0.2) is 9.37 Å². The van der Waals surface area contributed by atoms with Gasteiger partial charge in [0, 0.05) is 30.4 Å². The lowest BCUT2D eigenvalue weighted by Crippen LogP contribution is -2.40. The van der Waals surface area contributed by atoms with E-state index in [1.165, 1.54) is 12.1 Å². The highest BCUT2D eigenvalue weighted by Crippen LogP contribution is 2.26. The SMILES string of the molecule is COc1ccc(-n2cc(-c3ccc(F)cc3)nc2NC(=O)CN(CC(C)C)C(=O)CC(C)C)cc1. The van der Waals surface area contributed by atoms with Gasteiger partial charge in [-0.2, -0.15) is 0 Å². The molecular weight excluding hydrogens is 447 g/mol. The number of halogens is 1. The second-order valence-electron chi connectivity index (χ2n) is 9.34. The molecule has 2 aromatic carbocycles. The van der Waals surface area contributed by atoms with Crippen molar-refractivity contribution in [1.82, 2.24) is 14.5 Å². The number of anilines is 1. The first-order valence-corrected chi connectivity index (χ1v) is 11.7. The molecule has 7 nitrogen and oxygen atoms in total. The maximum absolute atomic E-state index is 13.4. The minimum Gasteiger partial charge on any atom is -0.497 e. The Hall–Kier alpha value is -3.68. The number of imidazole rings is 1. The van der Waals surface area contributed by atoms with Gasteiger partial charge in [-0.15, -0.1) is 0 Å². The van der Waals surface area contributed by atoms with E-state index in [4.69, 9.17) is 4.74 Å². The number of nitrogens with one attached hydrogen (secondary N) is 1. The number of benzene rings is 2. The van der Waals surface area contributed by atoms with Gasteiger partial charge in [0.2, 0.25) is 17.8 Å². The summed E-state index contributed by atoms with van der Waals surface area (Å²) in [4.78, 5) is 32.0. The Morgan fingerprint density at radius 3 is 2.26 bits per heavy atom. The van der Waals surface area contributed by atoms with E-state index in [2.05, 4.69) is 10.3 Å². The zero-order chi connectivity index (χ0) is 25.5. The first kappa shape index (κ1) is 25.9. The van der Waals surface area contributed by atoms with E-state index in [-0.39, 0.29) is 36.0 Å². The van der Waals surface area contributed by atoms with Crippen molar-refractivity contribution >= 4 is 17.8 Å². The van der Waals surface area contributed by atoms with E-state index in [0.29, 0.717) is 35.9 Å². The number of hydrogen-bond donors (Lipinski definition) is 1. The van der Waals surface area contributed by atoms with Gasteiger partial charge in [0.25, 0.3) is 0 Å². The molecule has 0 unspecified atom stereocenters. The minimum absolute atomic E-state index is 0.0469. The van der Waals surface area contributed by atoms with Gasteiger partial charge in [-0.1, -0.05) is 27.7 Å². The van der Waals surface area contributed by atoms with E-state index in [0.717, 1.165) is 5.69 Å². The summed E-state index contributed by atoms with van der Waals surface area (Å²) < 4.78 is 20.4. The van der Waals surface area contributed by atoms with Gasteiger partial charge < -0.3 is 9.64 Å².